The van der Waals surface area contributed by atoms with Crippen LogP contribution in [0.2, 0.25) is 0 Å². The van der Waals surface area contributed by atoms with Gasteiger partial charge in [-0.1, -0.05) is 0 Å². The van der Waals surface area contributed by atoms with Gasteiger partial charge in [-0.25, -0.2) is 10.4 Å². The number of nitrogens with one attached hydrogen (secondary N) is 2. The Morgan fingerprint density at radius 2 is 2.41 bits per heavy atom. The maximum Gasteiger partial charge on any atom is 0.267 e. The van der Waals surface area contributed by atoms with Crippen LogP contribution in [0.15, 0.2) is 10.5 Å². The smallest absolute Gasteiger partial charge is 0.267 e. The van der Waals surface area contributed by atoms with Crippen molar-refractivity contribution in [2.45, 2.75) is 26.3 Å². The molecule has 2 amide bonds. The van der Waals surface area contributed by atoms with E-state index in [0.717, 1.165) is 10.7 Å². The Hall–Kier alpha value is -1.76. The van der Waals surface area contributed by atoms with Crippen molar-refractivity contribution in [2.24, 2.45) is 5.10 Å². The minimum atomic E-state index is -0.252. The summed E-state index contributed by atoms with van der Waals surface area (Å²) in [6, 6.07) is 0. The summed E-state index contributed by atoms with van der Waals surface area (Å²) < 4.78 is 0. The number of hydrazone groups is 1. The van der Waals surface area contributed by atoms with Crippen molar-refractivity contribution in [3.05, 3.63) is 16.1 Å². The molecule has 0 unspecified atom stereocenters. The van der Waals surface area contributed by atoms with E-state index < -0.39 is 0 Å². The van der Waals surface area contributed by atoms with Gasteiger partial charge in [-0.3, -0.25) is 9.59 Å². The van der Waals surface area contributed by atoms with Crippen molar-refractivity contribution >= 4 is 28.9 Å². The van der Waals surface area contributed by atoms with E-state index in [2.05, 4.69) is 20.8 Å². The van der Waals surface area contributed by atoms with E-state index >= 15 is 0 Å². The van der Waals surface area contributed by atoms with E-state index in [0.29, 0.717) is 25.1 Å². The second-order valence-electron chi connectivity index (χ2n) is 3.66. The summed E-state index contributed by atoms with van der Waals surface area (Å²) in [5.41, 5.74) is 3.60. The van der Waals surface area contributed by atoms with E-state index in [1.807, 2.05) is 12.3 Å². The molecular weight excluding hydrogens is 240 g/mol. The summed E-state index contributed by atoms with van der Waals surface area (Å²) in [6.45, 7) is 2.30. The van der Waals surface area contributed by atoms with Crippen molar-refractivity contribution < 1.29 is 9.59 Å². The Labute approximate surface area is 102 Å². The van der Waals surface area contributed by atoms with Gasteiger partial charge in [0, 0.05) is 23.9 Å². The van der Waals surface area contributed by atoms with E-state index in [-0.39, 0.29) is 11.8 Å². The number of hydrogen-bond acceptors (Lipinski definition) is 5. The lowest BCUT2D eigenvalue weighted by atomic mass is 10.1. The van der Waals surface area contributed by atoms with E-state index in [4.69, 9.17) is 0 Å². The van der Waals surface area contributed by atoms with E-state index in [9.17, 15) is 9.59 Å². The molecule has 0 saturated heterocycles. The van der Waals surface area contributed by atoms with Crippen LogP contribution in [0.3, 0.4) is 0 Å². The van der Waals surface area contributed by atoms with Crippen LogP contribution in [0.25, 0.3) is 0 Å². The van der Waals surface area contributed by atoms with Gasteiger partial charge >= 0.3 is 0 Å². The van der Waals surface area contributed by atoms with Gasteiger partial charge in [0.15, 0.2) is 0 Å². The van der Waals surface area contributed by atoms with Crippen LogP contribution in [-0.2, 0) is 16.1 Å². The average Bonchev–Trinajstić information content (AvgIpc) is 2.73. The predicted octanol–water partition coefficient (Wildman–Crippen LogP) is 0.334. The Balaban J connectivity index is 1.87. The first-order chi connectivity index (χ1) is 8.15. The monoisotopic (exact) mass is 252 g/mol. The summed E-state index contributed by atoms with van der Waals surface area (Å²) in [6.07, 6.45) is 0.692. The first-order valence-electron chi connectivity index (χ1n) is 5.20. The van der Waals surface area contributed by atoms with Crippen LogP contribution in [0, 0.1) is 6.92 Å². The highest BCUT2D eigenvalue weighted by molar-refractivity contribution is 7.09. The van der Waals surface area contributed by atoms with Crippen LogP contribution >= 0.6 is 11.3 Å². The molecule has 6 nitrogen and oxygen atoms in total. The number of thiazole rings is 1. The molecule has 0 saturated carbocycles. The molecule has 0 radical (unpaired) electrons. The number of aryl methyl sites for hydroxylation is 1. The quantitative estimate of drug-likeness (QED) is 0.813. The molecule has 90 valence electrons. The summed E-state index contributed by atoms with van der Waals surface area (Å²) in [7, 11) is 0. The highest BCUT2D eigenvalue weighted by atomic mass is 32.1. The van der Waals surface area contributed by atoms with Crippen LogP contribution in [0.4, 0.5) is 0 Å². The fourth-order valence-corrected chi connectivity index (χ4v) is 2.09. The summed E-state index contributed by atoms with van der Waals surface area (Å²) in [4.78, 5) is 26.8. The minimum Gasteiger partial charge on any atom is -0.344 e. The number of carbonyl (C=O) groups is 2. The molecule has 7 heteroatoms. The molecule has 0 bridgehead atoms. The molecule has 0 atom stereocenters. The predicted molar refractivity (Wildman–Crippen MR) is 63.5 cm³/mol. The summed E-state index contributed by atoms with van der Waals surface area (Å²) in [5, 5.41) is 9.23. The molecule has 1 aromatic rings. The van der Waals surface area contributed by atoms with Gasteiger partial charge in [0.1, 0.15) is 10.7 Å². The number of rotatable bonds is 3. The summed E-state index contributed by atoms with van der Waals surface area (Å²) in [5.74, 6) is -0.407. The lowest BCUT2D eigenvalue weighted by Crippen LogP contribution is -2.36. The Kier molecular flexibility index (Phi) is 3.48. The first kappa shape index (κ1) is 11.7. The van der Waals surface area contributed by atoms with Crippen molar-refractivity contribution in [1.29, 1.82) is 0 Å². The molecule has 0 aromatic carbocycles. The van der Waals surface area contributed by atoms with Crippen molar-refractivity contribution in [3.8, 4) is 0 Å². The molecule has 1 aromatic heterocycles. The minimum absolute atomic E-state index is 0.155. The summed E-state index contributed by atoms with van der Waals surface area (Å²) >= 11 is 1.50. The highest BCUT2D eigenvalue weighted by Crippen LogP contribution is 2.08. The maximum absolute atomic E-state index is 11.7. The third kappa shape index (κ3) is 3.10. The highest BCUT2D eigenvalue weighted by Gasteiger charge is 2.17. The third-order valence-corrected chi connectivity index (χ3v) is 3.20. The molecule has 0 fully saturated rings. The van der Waals surface area contributed by atoms with Crippen LogP contribution < -0.4 is 10.7 Å². The zero-order valence-electron chi connectivity index (χ0n) is 9.32. The second kappa shape index (κ2) is 5.05. The second-order valence-corrected chi connectivity index (χ2v) is 4.60. The molecule has 0 aliphatic carbocycles. The lowest BCUT2D eigenvalue weighted by molar-refractivity contribution is -0.121. The van der Waals surface area contributed by atoms with Crippen LogP contribution in [-0.4, -0.2) is 22.5 Å². The largest absolute Gasteiger partial charge is 0.344 e. The topological polar surface area (TPSA) is 83.5 Å². The SMILES string of the molecule is Cc1csc(CNC(=O)C2=NNC(=O)CC2)n1. The molecule has 2 heterocycles. The number of nitrogens with zero attached hydrogens (tertiary/aromatic N) is 2. The molecule has 1 aliphatic heterocycles. The fourth-order valence-electron chi connectivity index (χ4n) is 1.38. The van der Waals surface area contributed by atoms with Crippen LogP contribution in [0.5, 0.6) is 0 Å². The molecular formula is C10H12N4O2S. The fraction of sp³-hybridized carbons (Fsp3) is 0.400. The van der Waals surface area contributed by atoms with Crippen molar-refractivity contribution in [3.63, 3.8) is 0 Å². The van der Waals surface area contributed by atoms with Gasteiger partial charge in [0.05, 0.1) is 6.54 Å². The molecule has 2 rings (SSSR count). The third-order valence-electron chi connectivity index (χ3n) is 2.23. The number of hydrogen-bond donors (Lipinski definition) is 2. The first-order valence-corrected chi connectivity index (χ1v) is 6.08. The number of carbonyl (C=O) groups excluding carboxylic acids is 2. The number of amides is 2. The maximum atomic E-state index is 11.7. The molecule has 2 N–H and O–H groups in total. The van der Waals surface area contributed by atoms with E-state index in [1.54, 1.807) is 0 Å². The van der Waals surface area contributed by atoms with Gasteiger partial charge in [0.2, 0.25) is 5.91 Å². The standard InChI is InChI=1S/C10H12N4O2S/c1-6-5-17-9(12-6)4-11-10(16)7-2-3-8(15)14-13-7/h5H,2-4H2,1H3,(H,11,16)(H,14,15). The van der Waals surface area contributed by atoms with Gasteiger partial charge in [-0.05, 0) is 6.92 Å². The average molecular weight is 252 g/mol. The lowest BCUT2D eigenvalue weighted by Gasteiger charge is -2.11. The van der Waals surface area contributed by atoms with Gasteiger partial charge in [-0.15, -0.1) is 11.3 Å². The number of aromatic nitrogens is 1. The normalized spacial score (nSPS) is 15.1. The zero-order chi connectivity index (χ0) is 12.3. The Morgan fingerprint density at radius 1 is 1.59 bits per heavy atom. The Bertz CT molecular complexity index is 480. The molecule has 1 aliphatic rings. The van der Waals surface area contributed by atoms with E-state index in [1.165, 1.54) is 11.3 Å². The molecule has 0 spiro atoms. The van der Waals surface area contributed by atoms with Gasteiger partial charge in [-0.2, -0.15) is 5.10 Å². The van der Waals surface area contributed by atoms with Crippen molar-refractivity contribution in [1.82, 2.24) is 15.7 Å². The Morgan fingerprint density at radius 3 is 3.00 bits per heavy atom. The van der Waals surface area contributed by atoms with Crippen molar-refractivity contribution in [2.75, 3.05) is 0 Å². The van der Waals surface area contributed by atoms with Crippen LogP contribution in [0.1, 0.15) is 23.5 Å². The van der Waals surface area contributed by atoms with Gasteiger partial charge < -0.3 is 5.32 Å². The zero-order valence-corrected chi connectivity index (χ0v) is 10.1. The molecule has 17 heavy (non-hydrogen) atoms. The van der Waals surface area contributed by atoms with Gasteiger partial charge in [0.25, 0.3) is 5.91 Å².